The fraction of sp³-hybridized carbons (Fsp3) is 0.538. The first-order valence-electron chi connectivity index (χ1n) is 6.51. The smallest absolute Gasteiger partial charge is 0.360 e. The minimum Gasteiger partial charge on any atom is -0.464 e. The van der Waals surface area contributed by atoms with Crippen molar-refractivity contribution in [1.29, 1.82) is 0 Å². The molecule has 6 nitrogen and oxygen atoms in total. The molecule has 0 saturated heterocycles. The Morgan fingerprint density at radius 3 is 2.80 bits per heavy atom. The van der Waals surface area contributed by atoms with Gasteiger partial charge in [-0.3, -0.25) is 0 Å². The molecule has 0 aliphatic heterocycles. The number of aromatic nitrogens is 4. The van der Waals surface area contributed by atoms with Crippen LogP contribution in [0.3, 0.4) is 0 Å². The highest BCUT2D eigenvalue weighted by molar-refractivity contribution is 7.09. The van der Waals surface area contributed by atoms with E-state index >= 15 is 0 Å². The second-order valence-electron chi connectivity index (χ2n) is 4.71. The van der Waals surface area contributed by atoms with Gasteiger partial charge in [-0.2, -0.15) is 0 Å². The average Bonchev–Trinajstić information content (AvgIpc) is 3.04. The van der Waals surface area contributed by atoms with Crippen molar-refractivity contribution in [3.63, 3.8) is 0 Å². The number of rotatable bonds is 5. The van der Waals surface area contributed by atoms with Crippen LogP contribution >= 0.6 is 11.3 Å². The van der Waals surface area contributed by atoms with Gasteiger partial charge in [0, 0.05) is 5.38 Å². The van der Waals surface area contributed by atoms with Gasteiger partial charge in [0.2, 0.25) is 0 Å². The van der Waals surface area contributed by atoms with Gasteiger partial charge < -0.3 is 4.74 Å². The highest BCUT2D eigenvalue weighted by Gasteiger charge is 2.23. The average molecular weight is 294 g/mol. The molecule has 0 fully saturated rings. The summed E-state index contributed by atoms with van der Waals surface area (Å²) < 4.78 is 6.47. The predicted molar refractivity (Wildman–Crippen MR) is 76.0 cm³/mol. The van der Waals surface area contributed by atoms with Gasteiger partial charge in [0.05, 0.1) is 30.1 Å². The number of carbonyl (C=O) groups excluding carboxylic acids is 1. The van der Waals surface area contributed by atoms with Gasteiger partial charge in [-0.1, -0.05) is 26.0 Å². The molecule has 2 aromatic heterocycles. The lowest BCUT2D eigenvalue weighted by molar-refractivity contribution is 0.0592. The van der Waals surface area contributed by atoms with Crippen LogP contribution in [0.25, 0.3) is 0 Å². The number of esters is 1. The third-order valence-corrected chi connectivity index (χ3v) is 3.95. The number of carbonyl (C=O) groups is 1. The number of ether oxygens (including phenoxy) is 1. The van der Waals surface area contributed by atoms with E-state index < -0.39 is 5.97 Å². The van der Waals surface area contributed by atoms with E-state index in [-0.39, 0.29) is 11.6 Å². The third-order valence-electron chi connectivity index (χ3n) is 2.91. The van der Waals surface area contributed by atoms with E-state index in [0.717, 1.165) is 22.8 Å². The van der Waals surface area contributed by atoms with Crippen LogP contribution in [-0.4, -0.2) is 33.1 Å². The van der Waals surface area contributed by atoms with Gasteiger partial charge in [-0.25, -0.2) is 14.5 Å². The van der Waals surface area contributed by atoms with Crippen LogP contribution in [0.1, 0.15) is 53.6 Å². The molecular weight excluding hydrogens is 276 g/mol. The molecule has 0 aromatic carbocycles. The largest absolute Gasteiger partial charge is 0.464 e. The van der Waals surface area contributed by atoms with E-state index in [1.807, 2.05) is 19.2 Å². The maximum absolute atomic E-state index is 11.7. The van der Waals surface area contributed by atoms with Crippen molar-refractivity contribution in [2.75, 3.05) is 7.11 Å². The van der Waals surface area contributed by atoms with Gasteiger partial charge in [-0.15, -0.1) is 16.4 Å². The van der Waals surface area contributed by atoms with Crippen molar-refractivity contribution in [3.05, 3.63) is 27.5 Å². The zero-order valence-corrected chi connectivity index (χ0v) is 12.9. The maximum Gasteiger partial charge on any atom is 0.360 e. The first kappa shape index (κ1) is 14.6. The Morgan fingerprint density at radius 1 is 1.50 bits per heavy atom. The molecule has 7 heteroatoms. The zero-order valence-electron chi connectivity index (χ0n) is 12.1. The summed E-state index contributed by atoms with van der Waals surface area (Å²) in [5, 5.41) is 11.1. The molecule has 0 unspecified atom stereocenters. The third kappa shape index (κ3) is 2.87. The lowest BCUT2D eigenvalue weighted by Crippen LogP contribution is -2.12. The predicted octanol–water partition coefficient (Wildman–Crippen LogP) is 2.26. The number of hydrogen-bond donors (Lipinski definition) is 0. The van der Waals surface area contributed by atoms with E-state index in [1.165, 1.54) is 7.11 Å². The molecule has 0 atom stereocenters. The van der Waals surface area contributed by atoms with Crippen molar-refractivity contribution < 1.29 is 9.53 Å². The number of aryl methyl sites for hydroxylation is 1. The minimum atomic E-state index is -0.451. The summed E-state index contributed by atoms with van der Waals surface area (Å²) in [5.41, 5.74) is 2.01. The molecule has 0 aliphatic rings. The van der Waals surface area contributed by atoms with E-state index in [4.69, 9.17) is 4.74 Å². The van der Waals surface area contributed by atoms with Crippen LogP contribution < -0.4 is 0 Å². The van der Waals surface area contributed by atoms with Gasteiger partial charge in [0.25, 0.3) is 0 Å². The fourth-order valence-electron chi connectivity index (χ4n) is 1.99. The molecule has 2 rings (SSSR count). The Balaban J connectivity index is 2.31. The number of methoxy groups -OCH3 is 1. The van der Waals surface area contributed by atoms with Crippen LogP contribution in [0.15, 0.2) is 5.38 Å². The van der Waals surface area contributed by atoms with Crippen LogP contribution in [0.5, 0.6) is 0 Å². The molecule has 0 aliphatic carbocycles. The molecule has 0 amide bonds. The Morgan fingerprint density at radius 2 is 2.25 bits per heavy atom. The molecule has 0 bridgehead atoms. The Hall–Kier alpha value is -1.76. The number of nitrogens with zero attached hydrogens (tertiary/aromatic N) is 4. The molecule has 0 spiro atoms. The summed E-state index contributed by atoms with van der Waals surface area (Å²) in [4.78, 5) is 16.2. The van der Waals surface area contributed by atoms with E-state index in [9.17, 15) is 4.79 Å². The number of hydrogen-bond acceptors (Lipinski definition) is 6. The molecule has 2 heterocycles. The second-order valence-corrected chi connectivity index (χ2v) is 5.66. The highest BCUT2D eigenvalue weighted by Crippen LogP contribution is 2.20. The first-order chi connectivity index (χ1) is 9.56. The van der Waals surface area contributed by atoms with E-state index in [0.29, 0.717) is 6.54 Å². The maximum atomic E-state index is 11.7. The van der Waals surface area contributed by atoms with Gasteiger partial charge in [0.1, 0.15) is 0 Å². The Labute approximate surface area is 121 Å². The van der Waals surface area contributed by atoms with Crippen LogP contribution in [0.2, 0.25) is 0 Å². The van der Waals surface area contributed by atoms with Crippen LogP contribution in [0, 0.1) is 0 Å². The molecular formula is C13H18N4O2S. The van der Waals surface area contributed by atoms with E-state index in [1.54, 1.807) is 16.0 Å². The standard InChI is InChI=1S/C13H18N4O2S/c1-5-10-14-9(7-20-10)6-17-12(8(2)3)11(15-16-17)13(18)19-4/h7-8H,5-6H2,1-4H3. The van der Waals surface area contributed by atoms with Crippen molar-refractivity contribution in [2.45, 2.75) is 39.7 Å². The zero-order chi connectivity index (χ0) is 14.7. The molecule has 108 valence electrons. The lowest BCUT2D eigenvalue weighted by Gasteiger charge is -2.09. The number of thiazole rings is 1. The SMILES string of the molecule is CCc1nc(Cn2nnc(C(=O)OC)c2C(C)C)cs1. The van der Waals surface area contributed by atoms with Crippen molar-refractivity contribution in [1.82, 2.24) is 20.0 Å². The van der Waals surface area contributed by atoms with E-state index in [2.05, 4.69) is 22.2 Å². The first-order valence-corrected chi connectivity index (χ1v) is 7.39. The topological polar surface area (TPSA) is 69.9 Å². The molecule has 20 heavy (non-hydrogen) atoms. The van der Waals surface area contributed by atoms with Crippen molar-refractivity contribution in [2.24, 2.45) is 0 Å². The highest BCUT2D eigenvalue weighted by atomic mass is 32.1. The minimum absolute atomic E-state index is 0.128. The summed E-state index contributed by atoms with van der Waals surface area (Å²) in [6.45, 7) is 6.60. The molecule has 2 aromatic rings. The summed E-state index contributed by atoms with van der Waals surface area (Å²) in [6.07, 6.45) is 0.923. The molecule has 0 saturated carbocycles. The van der Waals surface area contributed by atoms with Crippen molar-refractivity contribution in [3.8, 4) is 0 Å². The Kier molecular flexibility index (Phi) is 4.49. The van der Waals surface area contributed by atoms with Gasteiger partial charge >= 0.3 is 5.97 Å². The summed E-state index contributed by atoms with van der Waals surface area (Å²) >= 11 is 1.64. The molecule has 0 N–H and O–H groups in total. The fourth-order valence-corrected chi connectivity index (χ4v) is 2.72. The normalized spacial score (nSPS) is 11.1. The summed E-state index contributed by atoms with van der Waals surface area (Å²) in [5.74, 6) is -0.323. The van der Waals surface area contributed by atoms with Crippen LogP contribution in [0.4, 0.5) is 0 Å². The molecule has 0 radical (unpaired) electrons. The summed E-state index contributed by atoms with van der Waals surface area (Å²) in [6, 6.07) is 0. The quantitative estimate of drug-likeness (QED) is 0.791. The second kappa shape index (κ2) is 6.13. The summed E-state index contributed by atoms with van der Waals surface area (Å²) in [7, 11) is 1.35. The van der Waals surface area contributed by atoms with Crippen LogP contribution in [-0.2, 0) is 17.7 Å². The lowest BCUT2D eigenvalue weighted by atomic mass is 10.1. The van der Waals surface area contributed by atoms with Crippen molar-refractivity contribution >= 4 is 17.3 Å². The van der Waals surface area contributed by atoms with Gasteiger partial charge in [0.15, 0.2) is 5.69 Å². The monoisotopic (exact) mass is 294 g/mol. The Bertz CT molecular complexity index is 603. The van der Waals surface area contributed by atoms with Gasteiger partial charge in [-0.05, 0) is 12.3 Å².